The number of alkyl carbamates (subject to hydrolysis) is 1. The lowest BCUT2D eigenvalue weighted by molar-refractivity contribution is -0.151. The van der Waals surface area contributed by atoms with Gasteiger partial charge in [-0.05, 0) is 62.3 Å². The molecule has 7 heteroatoms. The summed E-state index contributed by atoms with van der Waals surface area (Å²) >= 11 is 0. The van der Waals surface area contributed by atoms with Crippen LogP contribution in [0, 0.1) is 17.3 Å². The van der Waals surface area contributed by atoms with Crippen LogP contribution in [0.15, 0.2) is 48.5 Å². The van der Waals surface area contributed by atoms with Crippen molar-refractivity contribution in [1.29, 1.82) is 0 Å². The van der Waals surface area contributed by atoms with E-state index in [-0.39, 0.29) is 30.4 Å². The first-order valence-electron chi connectivity index (χ1n) is 12.2. The lowest BCUT2D eigenvalue weighted by atomic mass is 9.72. The molecule has 3 atom stereocenters. The Kier molecular flexibility index (Phi) is 5.42. The van der Waals surface area contributed by atoms with Crippen LogP contribution in [0.25, 0.3) is 11.1 Å². The number of carboxylic acid groups (broad SMARTS) is 1. The summed E-state index contributed by atoms with van der Waals surface area (Å²) in [4.78, 5) is 39.6. The molecular weight excluding hydrogens is 444 g/mol. The van der Waals surface area contributed by atoms with Crippen LogP contribution in [0.1, 0.15) is 51.2 Å². The molecule has 7 nitrogen and oxygen atoms in total. The Morgan fingerprint density at radius 1 is 1.00 bits per heavy atom. The molecule has 2 N–H and O–H groups in total. The molecule has 2 aromatic carbocycles. The monoisotopic (exact) mass is 476 g/mol. The fourth-order valence-electron chi connectivity index (χ4n) is 5.89. The number of hydrogen-bond acceptors (Lipinski definition) is 4. The molecule has 2 aliphatic carbocycles. The molecule has 2 amide bonds. The predicted octanol–water partition coefficient (Wildman–Crippen LogP) is 4.26. The van der Waals surface area contributed by atoms with Crippen molar-refractivity contribution in [2.45, 2.75) is 51.6 Å². The summed E-state index contributed by atoms with van der Waals surface area (Å²) in [5, 5.41) is 12.4. The molecule has 3 fully saturated rings. The predicted molar refractivity (Wildman–Crippen MR) is 131 cm³/mol. The van der Waals surface area contributed by atoms with Gasteiger partial charge in [-0.1, -0.05) is 48.5 Å². The van der Waals surface area contributed by atoms with E-state index in [0.717, 1.165) is 28.7 Å². The summed E-state index contributed by atoms with van der Waals surface area (Å²) in [5.74, 6) is -1.48. The van der Waals surface area contributed by atoms with Gasteiger partial charge in [-0.15, -0.1) is 0 Å². The van der Waals surface area contributed by atoms with E-state index in [1.54, 1.807) is 18.7 Å². The summed E-state index contributed by atoms with van der Waals surface area (Å²) in [5.41, 5.74) is 2.72. The van der Waals surface area contributed by atoms with Gasteiger partial charge >= 0.3 is 12.1 Å². The molecule has 2 aromatic rings. The van der Waals surface area contributed by atoms with E-state index in [1.807, 2.05) is 38.1 Å². The van der Waals surface area contributed by atoms with Crippen LogP contribution in [0.2, 0.25) is 0 Å². The van der Waals surface area contributed by atoms with Crippen LogP contribution < -0.4 is 5.32 Å². The zero-order valence-corrected chi connectivity index (χ0v) is 20.6. The van der Waals surface area contributed by atoms with Crippen molar-refractivity contribution in [1.82, 2.24) is 10.2 Å². The second-order valence-corrected chi connectivity index (χ2v) is 11.1. The maximum absolute atomic E-state index is 13.5. The Morgan fingerprint density at radius 3 is 2.11 bits per heavy atom. The summed E-state index contributed by atoms with van der Waals surface area (Å²) in [6.45, 7) is 7.86. The molecule has 35 heavy (non-hydrogen) atoms. The summed E-state index contributed by atoms with van der Waals surface area (Å²) in [6.07, 6.45) is 0.158. The van der Waals surface area contributed by atoms with Gasteiger partial charge in [0.2, 0.25) is 5.91 Å². The number of carbonyl (C=O) groups is 3. The SMILES string of the molecule is CC(C)(NC(=O)OCC1c2ccccc2-c2ccccc21)C(C)(C)C(=O)N1CC2CC1C2C(=O)O. The second-order valence-electron chi connectivity index (χ2n) is 11.1. The third-order valence-electron chi connectivity index (χ3n) is 8.70. The Bertz CT molecular complexity index is 1160. The van der Waals surface area contributed by atoms with E-state index >= 15 is 0 Å². The van der Waals surface area contributed by atoms with Crippen LogP contribution >= 0.6 is 0 Å². The van der Waals surface area contributed by atoms with Crippen molar-refractivity contribution in [2.75, 3.05) is 13.2 Å². The normalized spacial score (nSPS) is 22.7. The highest BCUT2D eigenvalue weighted by molar-refractivity contribution is 5.87. The van der Waals surface area contributed by atoms with Gasteiger partial charge in [0.15, 0.2) is 0 Å². The van der Waals surface area contributed by atoms with Gasteiger partial charge < -0.3 is 20.1 Å². The molecule has 184 valence electrons. The number of carbonyl (C=O) groups excluding carboxylic acids is 2. The van der Waals surface area contributed by atoms with Gasteiger partial charge in [-0.3, -0.25) is 9.59 Å². The molecule has 2 saturated heterocycles. The molecule has 1 saturated carbocycles. The lowest BCUT2D eigenvalue weighted by Crippen LogP contribution is -2.61. The van der Waals surface area contributed by atoms with Crippen LogP contribution in [0.4, 0.5) is 4.79 Å². The van der Waals surface area contributed by atoms with Crippen molar-refractivity contribution in [3.63, 3.8) is 0 Å². The van der Waals surface area contributed by atoms with E-state index in [0.29, 0.717) is 6.54 Å². The molecule has 0 aromatic heterocycles. The third-order valence-corrected chi connectivity index (χ3v) is 8.70. The zero-order valence-electron chi connectivity index (χ0n) is 20.6. The average molecular weight is 477 g/mol. The van der Waals surface area contributed by atoms with Gasteiger partial charge in [0, 0.05) is 18.5 Å². The minimum atomic E-state index is -0.959. The average Bonchev–Trinajstić information content (AvgIpc) is 3.47. The molecule has 2 heterocycles. The fraction of sp³-hybridized carbons (Fsp3) is 0.464. The number of nitrogens with one attached hydrogen (secondary N) is 1. The van der Waals surface area contributed by atoms with Crippen LogP contribution in [-0.2, 0) is 14.3 Å². The largest absolute Gasteiger partial charge is 0.481 e. The molecule has 0 radical (unpaired) electrons. The number of benzene rings is 2. The van der Waals surface area contributed by atoms with Crippen LogP contribution in [0.5, 0.6) is 0 Å². The van der Waals surface area contributed by atoms with Crippen molar-refractivity contribution < 1.29 is 24.2 Å². The number of amides is 2. The first-order valence-corrected chi connectivity index (χ1v) is 12.2. The Morgan fingerprint density at radius 2 is 1.57 bits per heavy atom. The van der Waals surface area contributed by atoms with E-state index in [1.165, 1.54) is 0 Å². The second kappa shape index (κ2) is 8.11. The number of nitrogens with zero attached hydrogens (tertiary/aromatic N) is 1. The van der Waals surface area contributed by atoms with Crippen LogP contribution in [0.3, 0.4) is 0 Å². The summed E-state index contributed by atoms with van der Waals surface area (Å²) in [6, 6.07) is 16.1. The van der Waals surface area contributed by atoms with Crippen molar-refractivity contribution in [2.24, 2.45) is 17.3 Å². The highest BCUT2D eigenvalue weighted by atomic mass is 16.5. The molecule has 2 aliphatic heterocycles. The van der Waals surface area contributed by atoms with E-state index in [4.69, 9.17) is 4.74 Å². The number of aliphatic carboxylic acids is 1. The quantitative estimate of drug-likeness (QED) is 0.650. The highest BCUT2D eigenvalue weighted by Crippen LogP contribution is 2.49. The molecular formula is C28H32N2O5. The zero-order chi connectivity index (χ0) is 25.1. The maximum Gasteiger partial charge on any atom is 0.407 e. The Labute approximate surface area is 205 Å². The molecule has 6 rings (SSSR count). The number of ether oxygens (including phenoxy) is 1. The van der Waals surface area contributed by atoms with E-state index in [2.05, 4.69) is 29.6 Å². The smallest absolute Gasteiger partial charge is 0.407 e. The van der Waals surface area contributed by atoms with Gasteiger partial charge in [0.1, 0.15) is 6.61 Å². The fourth-order valence-corrected chi connectivity index (χ4v) is 5.89. The molecule has 4 aliphatic rings. The van der Waals surface area contributed by atoms with Crippen LogP contribution in [-0.4, -0.2) is 52.7 Å². The van der Waals surface area contributed by atoms with E-state index in [9.17, 15) is 19.5 Å². The highest BCUT2D eigenvalue weighted by Gasteiger charge is 2.60. The number of carboxylic acids is 1. The topological polar surface area (TPSA) is 95.9 Å². The first-order chi connectivity index (χ1) is 16.5. The van der Waals surface area contributed by atoms with Crippen molar-refractivity contribution in [3.05, 3.63) is 59.7 Å². The standard InChI is InChI=1S/C28H32N2O5/c1-27(2,25(33)30-14-16-13-22(30)23(16)24(31)32)28(3,4)29-26(34)35-15-21-19-11-7-5-9-17(19)18-10-6-8-12-20(18)21/h5-12,16,21-23H,13-15H2,1-4H3,(H,29,34)(H,31,32). The van der Waals surface area contributed by atoms with Crippen molar-refractivity contribution >= 4 is 18.0 Å². The first kappa shape index (κ1) is 23.4. The number of fused-ring (bicyclic) bond motifs is 4. The molecule has 2 bridgehead atoms. The summed E-state index contributed by atoms with van der Waals surface area (Å²) < 4.78 is 5.70. The van der Waals surface area contributed by atoms with Gasteiger partial charge in [0.05, 0.1) is 16.9 Å². The Balaban J connectivity index is 1.25. The minimum Gasteiger partial charge on any atom is -0.481 e. The minimum absolute atomic E-state index is 0.0236. The molecule has 0 spiro atoms. The number of hydrogen-bond donors (Lipinski definition) is 2. The van der Waals surface area contributed by atoms with Gasteiger partial charge in [0.25, 0.3) is 0 Å². The third kappa shape index (κ3) is 3.60. The van der Waals surface area contributed by atoms with E-state index < -0.39 is 28.9 Å². The Hall–Kier alpha value is -3.35. The van der Waals surface area contributed by atoms with Gasteiger partial charge in [-0.2, -0.15) is 0 Å². The lowest BCUT2D eigenvalue weighted by Gasteiger charge is -2.44. The molecule has 3 unspecified atom stereocenters. The number of rotatable bonds is 6. The van der Waals surface area contributed by atoms with Crippen molar-refractivity contribution in [3.8, 4) is 11.1 Å². The maximum atomic E-state index is 13.5. The van der Waals surface area contributed by atoms with Gasteiger partial charge in [-0.25, -0.2) is 4.79 Å². The summed E-state index contributed by atoms with van der Waals surface area (Å²) in [7, 11) is 0.